The van der Waals surface area contributed by atoms with Crippen LogP contribution in [-0.4, -0.2) is 14.5 Å². The molecule has 0 aliphatic heterocycles. The maximum Gasteiger partial charge on any atom is 0.0992 e. The number of aromatic nitrogens is 3. The summed E-state index contributed by atoms with van der Waals surface area (Å²) in [5.74, 6) is 0. The van der Waals surface area contributed by atoms with E-state index < -0.39 is 0 Å². The molecule has 0 aliphatic carbocycles. The summed E-state index contributed by atoms with van der Waals surface area (Å²) >= 11 is 6.35. The molecule has 1 aromatic carbocycles. The third-order valence-corrected chi connectivity index (χ3v) is 3.61. The Balaban J connectivity index is 1.95. The number of pyridine rings is 1. The van der Waals surface area contributed by atoms with Gasteiger partial charge in [0, 0.05) is 24.8 Å². The van der Waals surface area contributed by atoms with Crippen molar-refractivity contribution in [2.45, 2.75) is 13.0 Å². The molecule has 0 saturated heterocycles. The Morgan fingerprint density at radius 3 is 2.76 bits per heavy atom. The molecule has 1 N–H and O–H groups in total. The molecule has 1 unspecified atom stereocenters. The van der Waals surface area contributed by atoms with Gasteiger partial charge >= 0.3 is 0 Å². The molecule has 0 radical (unpaired) electrons. The van der Waals surface area contributed by atoms with Crippen LogP contribution in [0.25, 0.3) is 5.69 Å². The second-order valence-electron chi connectivity index (χ2n) is 4.76. The van der Waals surface area contributed by atoms with Crippen LogP contribution >= 0.6 is 11.6 Å². The Hall–Kier alpha value is -2.33. The van der Waals surface area contributed by atoms with Gasteiger partial charge in [-0.2, -0.15) is 0 Å². The quantitative estimate of drug-likeness (QED) is 0.789. The van der Waals surface area contributed by atoms with Crippen LogP contribution in [0, 0.1) is 0 Å². The van der Waals surface area contributed by atoms with Gasteiger partial charge in [-0.1, -0.05) is 23.7 Å². The van der Waals surface area contributed by atoms with Crippen molar-refractivity contribution in [3.05, 3.63) is 72.0 Å². The predicted molar refractivity (Wildman–Crippen MR) is 84.8 cm³/mol. The van der Waals surface area contributed by atoms with Crippen molar-refractivity contribution in [1.29, 1.82) is 0 Å². The molecular weight excluding hydrogens is 284 g/mol. The summed E-state index contributed by atoms with van der Waals surface area (Å²) in [5.41, 5.74) is 2.97. The third-order valence-electron chi connectivity index (χ3n) is 3.31. The highest BCUT2D eigenvalue weighted by Crippen LogP contribution is 2.30. The second kappa shape index (κ2) is 5.97. The Morgan fingerprint density at radius 2 is 2.05 bits per heavy atom. The number of rotatable bonds is 4. The number of anilines is 1. The lowest BCUT2D eigenvalue weighted by molar-refractivity contribution is 0.871. The standard InChI is InChI=1S/C16H15ClN4/c1-12(13-4-3-7-18-10-13)20-15-6-2-5-14(17)16(15)21-9-8-19-11-21/h2-12,20H,1H3. The molecule has 0 fully saturated rings. The van der Waals surface area contributed by atoms with E-state index in [1.165, 1.54) is 0 Å². The summed E-state index contributed by atoms with van der Waals surface area (Å²) in [4.78, 5) is 8.24. The van der Waals surface area contributed by atoms with E-state index >= 15 is 0 Å². The first-order chi connectivity index (χ1) is 10.3. The lowest BCUT2D eigenvalue weighted by Crippen LogP contribution is -2.09. The van der Waals surface area contributed by atoms with Crippen LogP contribution in [0.4, 0.5) is 5.69 Å². The molecule has 21 heavy (non-hydrogen) atoms. The SMILES string of the molecule is CC(Nc1cccc(Cl)c1-n1ccnc1)c1cccnc1. The van der Waals surface area contributed by atoms with Crippen LogP contribution in [0.15, 0.2) is 61.4 Å². The molecule has 0 bridgehead atoms. The zero-order valence-corrected chi connectivity index (χ0v) is 12.3. The van der Waals surface area contributed by atoms with E-state index in [0.29, 0.717) is 5.02 Å². The topological polar surface area (TPSA) is 42.7 Å². The number of para-hydroxylation sites is 1. The summed E-state index contributed by atoms with van der Waals surface area (Å²) in [6.45, 7) is 2.09. The van der Waals surface area contributed by atoms with E-state index in [1.807, 2.05) is 47.3 Å². The van der Waals surface area contributed by atoms with Crippen LogP contribution in [0.5, 0.6) is 0 Å². The van der Waals surface area contributed by atoms with Crippen LogP contribution < -0.4 is 5.32 Å². The summed E-state index contributed by atoms with van der Waals surface area (Å²) in [5, 5.41) is 4.16. The zero-order chi connectivity index (χ0) is 14.7. The van der Waals surface area contributed by atoms with E-state index in [2.05, 4.69) is 22.2 Å². The van der Waals surface area contributed by atoms with Gasteiger partial charge in [0.2, 0.25) is 0 Å². The molecule has 0 spiro atoms. The number of benzene rings is 1. The van der Waals surface area contributed by atoms with Gasteiger partial charge in [-0.25, -0.2) is 4.98 Å². The number of hydrogen-bond donors (Lipinski definition) is 1. The van der Waals surface area contributed by atoms with Crippen molar-refractivity contribution >= 4 is 17.3 Å². The van der Waals surface area contributed by atoms with E-state index in [1.54, 1.807) is 18.7 Å². The normalized spacial score (nSPS) is 12.1. The number of imidazole rings is 1. The molecule has 5 heteroatoms. The maximum absolute atomic E-state index is 6.35. The van der Waals surface area contributed by atoms with Crippen LogP contribution in [0.1, 0.15) is 18.5 Å². The van der Waals surface area contributed by atoms with Crippen molar-refractivity contribution in [1.82, 2.24) is 14.5 Å². The van der Waals surface area contributed by atoms with Gasteiger partial charge in [0.25, 0.3) is 0 Å². The molecular formula is C16H15ClN4. The van der Waals surface area contributed by atoms with Crippen molar-refractivity contribution in [3.8, 4) is 5.69 Å². The summed E-state index contributed by atoms with van der Waals surface area (Å²) in [7, 11) is 0. The number of nitrogens with zero attached hydrogens (tertiary/aromatic N) is 3. The summed E-state index contributed by atoms with van der Waals surface area (Å²) in [6, 6.07) is 9.92. The first-order valence-electron chi connectivity index (χ1n) is 6.69. The van der Waals surface area contributed by atoms with Gasteiger partial charge in [-0.3, -0.25) is 4.98 Å². The van der Waals surface area contributed by atoms with Crippen molar-refractivity contribution in [2.24, 2.45) is 0 Å². The van der Waals surface area contributed by atoms with Gasteiger partial charge in [0.15, 0.2) is 0 Å². The number of hydrogen-bond acceptors (Lipinski definition) is 3. The molecule has 0 aliphatic rings. The Labute approximate surface area is 128 Å². The molecule has 1 atom stereocenters. The minimum atomic E-state index is 0.124. The van der Waals surface area contributed by atoms with Gasteiger partial charge in [0.05, 0.1) is 28.8 Å². The fourth-order valence-corrected chi connectivity index (χ4v) is 2.51. The highest BCUT2D eigenvalue weighted by molar-refractivity contribution is 6.33. The lowest BCUT2D eigenvalue weighted by atomic mass is 10.1. The van der Waals surface area contributed by atoms with Gasteiger partial charge in [0.1, 0.15) is 0 Å². The van der Waals surface area contributed by atoms with Crippen LogP contribution in [-0.2, 0) is 0 Å². The molecule has 0 amide bonds. The van der Waals surface area contributed by atoms with E-state index in [4.69, 9.17) is 11.6 Å². The molecule has 4 nitrogen and oxygen atoms in total. The van der Waals surface area contributed by atoms with Crippen molar-refractivity contribution in [3.63, 3.8) is 0 Å². The monoisotopic (exact) mass is 298 g/mol. The molecule has 3 rings (SSSR count). The Bertz CT molecular complexity index is 710. The smallest absolute Gasteiger partial charge is 0.0992 e. The minimum Gasteiger partial charge on any atom is -0.377 e. The number of halogens is 1. The molecule has 2 aromatic heterocycles. The zero-order valence-electron chi connectivity index (χ0n) is 11.6. The predicted octanol–water partition coefficient (Wildman–Crippen LogP) is 4.09. The average molecular weight is 299 g/mol. The van der Waals surface area contributed by atoms with Crippen molar-refractivity contribution < 1.29 is 0 Å². The van der Waals surface area contributed by atoms with E-state index in [9.17, 15) is 0 Å². The highest BCUT2D eigenvalue weighted by atomic mass is 35.5. The van der Waals surface area contributed by atoms with Crippen molar-refractivity contribution in [2.75, 3.05) is 5.32 Å². The molecule has 2 heterocycles. The molecule has 3 aromatic rings. The number of nitrogens with one attached hydrogen (secondary N) is 1. The third kappa shape index (κ3) is 2.90. The first-order valence-corrected chi connectivity index (χ1v) is 7.07. The summed E-state index contributed by atoms with van der Waals surface area (Å²) < 4.78 is 1.90. The maximum atomic E-state index is 6.35. The van der Waals surface area contributed by atoms with Crippen LogP contribution in [0.3, 0.4) is 0 Å². The van der Waals surface area contributed by atoms with E-state index in [0.717, 1.165) is 16.9 Å². The molecule has 0 saturated carbocycles. The Kier molecular flexibility index (Phi) is 3.88. The average Bonchev–Trinajstić information content (AvgIpc) is 3.02. The van der Waals surface area contributed by atoms with E-state index in [-0.39, 0.29) is 6.04 Å². The van der Waals surface area contributed by atoms with Gasteiger partial charge in [-0.15, -0.1) is 0 Å². The minimum absolute atomic E-state index is 0.124. The Morgan fingerprint density at radius 1 is 1.14 bits per heavy atom. The fourth-order valence-electron chi connectivity index (χ4n) is 2.23. The lowest BCUT2D eigenvalue weighted by Gasteiger charge is -2.19. The highest BCUT2D eigenvalue weighted by Gasteiger charge is 2.12. The van der Waals surface area contributed by atoms with Gasteiger partial charge < -0.3 is 9.88 Å². The first kappa shape index (κ1) is 13.6. The second-order valence-corrected chi connectivity index (χ2v) is 5.17. The fraction of sp³-hybridized carbons (Fsp3) is 0.125. The van der Waals surface area contributed by atoms with Crippen LogP contribution in [0.2, 0.25) is 5.02 Å². The largest absolute Gasteiger partial charge is 0.377 e. The summed E-state index contributed by atoms with van der Waals surface area (Å²) in [6.07, 6.45) is 8.98. The molecule has 106 valence electrons. The van der Waals surface area contributed by atoms with Gasteiger partial charge in [-0.05, 0) is 30.7 Å².